The molecule has 2 N–H and O–H groups in total. The average Bonchev–Trinajstić information content (AvgIpc) is 3.07. The second kappa shape index (κ2) is 5.07. The summed E-state index contributed by atoms with van der Waals surface area (Å²) in [5.74, 6) is 1.79. The van der Waals surface area contributed by atoms with E-state index in [-0.39, 0.29) is 0 Å². The average molecular weight is 413 g/mol. The molecule has 1 aromatic heterocycles. The van der Waals surface area contributed by atoms with Crippen LogP contribution in [-0.2, 0) is 13.0 Å². The Bertz CT molecular complexity index is 735. The molecule has 1 saturated carbocycles. The van der Waals surface area contributed by atoms with Gasteiger partial charge in [0, 0.05) is 23.0 Å². The highest BCUT2D eigenvalue weighted by Gasteiger charge is 2.31. The van der Waals surface area contributed by atoms with Crippen LogP contribution in [0.4, 0.5) is 0 Å². The van der Waals surface area contributed by atoms with Crippen LogP contribution in [0.3, 0.4) is 0 Å². The first-order valence-corrected chi connectivity index (χ1v) is 9.28. The normalized spacial score (nSPS) is 25.0. The second-order valence-electron chi connectivity index (χ2n) is 6.42. The fourth-order valence-corrected chi connectivity index (χ4v) is 5.02. The van der Waals surface area contributed by atoms with E-state index < -0.39 is 0 Å². The number of nitrogens with two attached hydrogens (primary N) is 1. The van der Waals surface area contributed by atoms with Gasteiger partial charge < -0.3 is 10.3 Å². The molecule has 1 fully saturated rings. The minimum Gasteiger partial charge on any atom is -0.328 e. The maximum absolute atomic E-state index is 6.12. The lowest BCUT2D eigenvalue weighted by molar-refractivity contribution is 0.552. The van der Waals surface area contributed by atoms with Gasteiger partial charge in [-0.05, 0) is 82.0 Å². The van der Waals surface area contributed by atoms with Crippen LogP contribution in [0.15, 0.2) is 8.95 Å². The van der Waals surface area contributed by atoms with Crippen molar-refractivity contribution in [2.75, 3.05) is 0 Å². The molecule has 0 spiro atoms. The fourth-order valence-electron chi connectivity index (χ4n) is 4.02. The molecule has 21 heavy (non-hydrogen) atoms. The summed E-state index contributed by atoms with van der Waals surface area (Å²) in [5, 5.41) is 0. The minimum atomic E-state index is 0.350. The zero-order chi connectivity index (χ0) is 14.7. The molecule has 1 aromatic carbocycles. The summed E-state index contributed by atoms with van der Waals surface area (Å²) in [5.41, 5.74) is 11.4. The van der Waals surface area contributed by atoms with E-state index in [1.54, 1.807) is 0 Å². The van der Waals surface area contributed by atoms with Crippen molar-refractivity contribution in [2.45, 2.75) is 57.5 Å². The van der Waals surface area contributed by atoms with Gasteiger partial charge >= 0.3 is 0 Å². The summed E-state index contributed by atoms with van der Waals surface area (Å²) in [7, 11) is 0. The Hall–Kier alpha value is -0.390. The Morgan fingerprint density at radius 2 is 2.05 bits per heavy atom. The van der Waals surface area contributed by atoms with Crippen molar-refractivity contribution >= 4 is 42.9 Å². The number of hydrogen-bond donors (Lipinski definition) is 1. The van der Waals surface area contributed by atoms with E-state index in [4.69, 9.17) is 10.7 Å². The topological polar surface area (TPSA) is 43.8 Å². The summed E-state index contributed by atoms with van der Waals surface area (Å²) in [6.45, 7) is 3.30. The van der Waals surface area contributed by atoms with E-state index in [2.05, 4.69) is 43.4 Å². The number of imidazole rings is 1. The van der Waals surface area contributed by atoms with E-state index in [0.717, 1.165) is 40.3 Å². The third kappa shape index (κ3) is 2.04. The third-order valence-corrected chi connectivity index (χ3v) is 7.41. The molecule has 5 heteroatoms. The summed E-state index contributed by atoms with van der Waals surface area (Å²) in [4.78, 5) is 5.03. The second-order valence-corrected chi connectivity index (χ2v) is 8.01. The molecule has 2 heterocycles. The third-order valence-electron chi connectivity index (χ3n) is 5.11. The van der Waals surface area contributed by atoms with Crippen LogP contribution in [0.5, 0.6) is 0 Å². The molecule has 0 amide bonds. The Morgan fingerprint density at radius 1 is 1.24 bits per heavy atom. The van der Waals surface area contributed by atoms with E-state index in [9.17, 15) is 0 Å². The molecular formula is C16H19Br2N3. The Labute approximate surface area is 141 Å². The van der Waals surface area contributed by atoms with Crippen molar-refractivity contribution in [1.82, 2.24) is 9.55 Å². The molecule has 4 rings (SSSR count). The van der Waals surface area contributed by atoms with Gasteiger partial charge in [0.15, 0.2) is 0 Å². The highest BCUT2D eigenvalue weighted by atomic mass is 79.9. The van der Waals surface area contributed by atoms with E-state index in [1.807, 2.05) is 0 Å². The first-order chi connectivity index (χ1) is 10.1. The SMILES string of the molecule is Cc1c(Br)c(Br)c2nc(C3CCC(N)C3)n3c2c1CCC3. The summed E-state index contributed by atoms with van der Waals surface area (Å²) >= 11 is 7.47. The maximum atomic E-state index is 6.12. The molecule has 3 nitrogen and oxygen atoms in total. The molecule has 0 radical (unpaired) electrons. The van der Waals surface area contributed by atoms with Gasteiger partial charge in [-0.1, -0.05) is 0 Å². The molecule has 1 aliphatic carbocycles. The van der Waals surface area contributed by atoms with Gasteiger partial charge in [0.1, 0.15) is 11.3 Å². The van der Waals surface area contributed by atoms with Gasteiger partial charge in [0.25, 0.3) is 0 Å². The van der Waals surface area contributed by atoms with Gasteiger partial charge in [-0.15, -0.1) is 0 Å². The van der Waals surface area contributed by atoms with Gasteiger partial charge in [0.2, 0.25) is 0 Å². The predicted octanol–water partition coefficient (Wildman–Crippen LogP) is 4.41. The van der Waals surface area contributed by atoms with E-state index >= 15 is 0 Å². The van der Waals surface area contributed by atoms with Gasteiger partial charge in [-0.3, -0.25) is 0 Å². The van der Waals surface area contributed by atoms with Crippen molar-refractivity contribution in [3.05, 3.63) is 25.9 Å². The number of hydrogen-bond acceptors (Lipinski definition) is 2. The summed E-state index contributed by atoms with van der Waals surface area (Å²) in [6, 6.07) is 0.350. The lowest BCUT2D eigenvalue weighted by Crippen LogP contribution is -2.16. The van der Waals surface area contributed by atoms with Crippen molar-refractivity contribution < 1.29 is 0 Å². The highest BCUT2D eigenvalue weighted by Crippen LogP contribution is 2.43. The number of halogens is 2. The Balaban J connectivity index is 1.99. The first kappa shape index (κ1) is 14.2. The van der Waals surface area contributed by atoms with Crippen LogP contribution < -0.4 is 5.73 Å². The van der Waals surface area contributed by atoms with Gasteiger partial charge in [-0.25, -0.2) is 4.98 Å². The highest BCUT2D eigenvalue weighted by molar-refractivity contribution is 9.13. The maximum Gasteiger partial charge on any atom is 0.113 e. The molecule has 0 saturated heterocycles. The van der Waals surface area contributed by atoms with Crippen molar-refractivity contribution in [3.63, 3.8) is 0 Å². The lowest BCUT2D eigenvalue weighted by Gasteiger charge is -2.21. The van der Waals surface area contributed by atoms with Crippen molar-refractivity contribution in [2.24, 2.45) is 5.73 Å². The van der Waals surface area contributed by atoms with Crippen LogP contribution in [0, 0.1) is 6.92 Å². The fraction of sp³-hybridized carbons (Fsp3) is 0.562. The van der Waals surface area contributed by atoms with E-state index in [1.165, 1.54) is 35.3 Å². The Morgan fingerprint density at radius 3 is 2.76 bits per heavy atom. The van der Waals surface area contributed by atoms with Gasteiger partial charge in [0.05, 0.1) is 9.99 Å². The first-order valence-electron chi connectivity index (χ1n) is 7.70. The lowest BCUT2D eigenvalue weighted by atomic mass is 9.99. The van der Waals surface area contributed by atoms with Crippen LogP contribution >= 0.6 is 31.9 Å². The number of aromatic nitrogens is 2. The quantitative estimate of drug-likeness (QED) is 0.753. The number of rotatable bonds is 1. The predicted molar refractivity (Wildman–Crippen MR) is 92.8 cm³/mol. The molecule has 2 unspecified atom stereocenters. The van der Waals surface area contributed by atoms with Crippen LogP contribution in [0.1, 0.15) is 48.6 Å². The van der Waals surface area contributed by atoms with Crippen molar-refractivity contribution in [1.29, 1.82) is 0 Å². The molecule has 2 aliphatic rings. The molecular weight excluding hydrogens is 394 g/mol. The number of benzene rings is 1. The zero-order valence-corrected chi connectivity index (χ0v) is 15.3. The van der Waals surface area contributed by atoms with Crippen molar-refractivity contribution in [3.8, 4) is 0 Å². The standard InChI is InChI=1S/C16H19Br2N3/c1-8-11-3-2-6-21-15(11)14(13(18)12(8)17)20-16(21)9-4-5-10(19)7-9/h9-10H,2-7,19H2,1H3. The number of aryl methyl sites for hydroxylation is 2. The molecule has 112 valence electrons. The van der Waals surface area contributed by atoms with Gasteiger partial charge in [-0.2, -0.15) is 0 Å². The monoisotopic (exact) mass is 411 g/mol. The summed E-state index contributed by atoms with van der Waals surface area (Å²) < 4.78 is 4.73. The smallest absolute Gasteiger partial charge is 0.113 e. The zero-order valence-electron chi connectivity index (χ0n) is 12.1. The van der Waals surface area contributed by atoms with Crippen LogP contribution in [0.25, 0.3) is 11.0 Å². The number of nitrogens with zero attached hydrogens (tertiary/aromatic N) is 2. The Kier molecular flexibility index (Phi) is 3.43. The molecule has 1 aliphatic heterocycles. The molecule has 0 bridgehead atoms. The van der Waals surface area contributed by atoms with E-state index in [0.29, 0.717) is 12.0 Å². The largest absolute Gasteiger partial charge is 0.328 e. The molecule has 2 atom stereocenters. The van der Waals surface area contributed by atoms with Crippen LogP contribution in [-0.4, -0.2) is 15.6 Å². The molecule has 2 aromatic rings. The summed E-state index contributed by atoms with van der Waals surface area (Å²) in [6.07, 6.45) is 5.75. The minimum absolute atomic E-state index is 0.350. The van der Waals surface area contributed by atoms with Crippen LogP contribution in [0.2, 0.25) is 0 Å².